The molecule has 3 heterocycles. The van der Waals surface area contributed by atoms with Gasteiger partial charge < -0.3 is 20.3 Å². The van der Waals surface area contributed by atoms with Gasteiger partial charge in [-0.05, 0) is 24.6 Å². The highest BCUT2D eigenvalue weighted by Gasteiger charge is 2.43. The number of carbonyl (C=O) groups excluding carboxylic acids is 2. The van der Waals surface area contributed by atoms with Crippen LogP contribution in [0.4, 0.5) is 33.6 Å². The molecule has 0 radical (unpaired) electrons. The lowest BCUT2D eigenvalue weighted by molar-refractivity contribution is -0.274. The lowest BCUT2D eigenvalue weighted by atomic mass is 10.0. The van der Waals surface area contributed by atoms with Gasteiger partial charge in [-0.2, -0.15) is 0 Å². The van der Waals surface area contributed by atoms with Crippen molar-refractivity contribution in [3.8, 4) is 5.75 Å². The Bertz CT molecular complexity index is 1050. The molecule has 1 aliphatic heterocycles. The van der Waals surface area contributed by atoms with Gasteiger partial charge in [-0.3, -0.25) is 9.59 Å². The van der Waals surface area contributed by atoms with Crippen LogP contribution in [-0.2, 0) is 4.79 Å². The molecule has 1 saturated heterocycles. The Hall–Kier alpha value is -3.51. The lowest BCUT2D eigenvalue weighted by Crippen LogP contribution is -2.56. The van der Waals surface area contributed by atoms with E-state index in [0.29, 0.717) is 5.56 Å². The summed E-state index contributed by atoms with van der Waals surface area (Å²) in [4.78, 5) is 33.2. The average molecular weight is 473 g/mol. The number of amides is 2. The number of nitrogens with zero attached hydrogens (tertiary/aromatic N) is 3. The number of rotatable bonds is 5. The first-order valence-corrected chi connectivity index (χ1v) is 9.72. The molecular formula is C20H20F5N5O3. The standard InChI is InChI=1S/C20H20F5N5O3/c1-11-3-4-15(28-16-7-14(5-6-26-16)33-20(23,24)25)29-17(11)18(32)30-9-13(27-12(2)31)8-19(21,22)10-30/h3-7,13H,8-10H2,1-2H3,(H,27,31)(H,26,28,29)/t13-/m1/s1. The predicted octanol–water partition coefficient (Wildman–Crippen LogP) is 3.41. The van der Waals surface area contributed by atoms with Gasteiger partial charge in [-0.25, -0.2) is 18.7 Å². The molecule has 0 bridgehead atoms. The number of carbonyl (C=O) groups is 2. The normalized spacial score (nSPS) is 17.9. The first-order chi connectivity index (χ1) is 15.3. The van der Waals surface area contributed by atoms with E-state index in [1.807, 2.05) is 0 Å². The highest BCUT2D eigenvalue weighted by molar-refractivity contribution is 5.94. The zero-order valence-corrected chi connectivity index (χ0v) is 17.5. The molecule has 1 aliphatic rings. The van der Waals surface area contributed by atoms with Gasteiger partial charge in [0.15, 0.2) is 0 Å². The van der Waals surface area contributed by atoms with Crippen LogP contribution in [0.25, 0.3) is 0 Å². The van der Waals surface area contributed by atoms with Crippen molar-refractivity contribution >= 4 is 23.5 Å². The van der Waals surface area contributed by atoms with Crippen molar-refractivity contribution in [2.24, 2.45) is 0 Å². The minimum absolute atomic E-state index is 0.0401. The van der Waals surface area contributed by atoms with Crippen molar-refractivity contribution in [2.45, 2.75) is 38.6 Å². The van der Waals surface area contributed by atoms with Gasteiger partial charge in [-0.15, -0.1) is 13.2 Å². The minimum atomic E-state index is -4.88. The van der Waals surface area contributed by atoms with E-state index in [2.05, 4.69) is 25.3 Å². The number of aryl methyl sites for hydroxylation is 1. The van der Waals surface area contributed by atoms with Gasteiger partial charge in [0.25, 0.3) is 11.8 Å². The molecule has 0 aromatic carbocycles. The van der Waals surface area contributed by atoms with Crippen LogP contribution in [0.2, 0.25) is 0 Å². The molecule has 1 atom stereocenters. The van der Waals surface area contributed by atoms with E-state index in [1.54, 1.807) is 6.92 Å². The maximum absolute atomic E-state index is 14.2. The van der Waals surface area contributed by atoms with Crippen molar-refractivity contribution in [1.82, 2.24) is 20.2 Å². The second-order valence-electron chi connectivity index (χ2n) is 7.55. The van der Waals surface area contributed by atoms with Gasteiger partial charge in [0.1, 0.15) is 23.1 Å². The molecule has 13 heteroatoms. The number of pyridine rings is 2. The third-order valence-corrected chi connectivity index (χ3v) is 4.62. The molecule has 8 nitrogen and oxygen atoms in total. The summed E-state index contributed by atoms with van der Waals surface area (Å²) in [6.07, 6.45) is -4.39. The van der Waals surface area contributed by atoms with Crippen LogP contribution < -0.4 is 15.4 Å². The number of piperidine rings is 1. The molecular weight excluding hydrogens is 453 g/mol. The van der Waals surface area contributed by atoms with Crippen LogP contribution >= 0.6 is 0 Å². The van der Waals surface area contributed by atoms with E-state index < -0.39 is 48.9 Å². The van der Waals surface area contributed by atoms with Gasteiger partial charge in [0.2, 0.25) is 5.91 Å². The molecule has 2 aromatic rings. The Balaban J connectivity index is 1.80. The number of alkyl halides is 5. The molecule has 178 valence electrons. The lowest BCUT2D eigenvalue weighted by Gasteiger charge is -2.37. The zero-order chi connectivity index (χ0) is 24.4. The van der Waals surface area contributed by atoms with Gasteiger partial charge in [0.05, 0.1) is 12.6 Å². The van der Waals surface area contributed by atoms with Crippen molar-refractivity contribution in [2.75, 3.05) is 18.4 Å². The van der Waals surface area contributed by atoms with Gasteiger partial charge in [0, 0.05) is 32.2 Å². The number of halogens is 5. The molecule has 2 N–H and O–H groups in total. The smallest absolute Gasteiger partial charge is 0.406 e. The van der Waals surface area contributed by atoms with E-state index in [0.717, 1.165) is 23.2 Å². The summed E-state index contributed by atoms with van der Waals surface area (Å²) in [5.41, 5.74) is 0.277. The Kier molecular flexibility index (Phi) is 6.70. The molecule has 0 saturated carbocycles. The van der Waals surface area contributed by atoms with Crippen LogP contribution in [0.5, 0.6) is 5.75 Å². The van der Waals surface area contributed by atoms with Crippen LogP contribution in [0, 0.1) is 6.92 Å². The van der Waals surface area contributed by atoms with E-state index in [1.165, 1.54) is 19.1 Å². The summed E-state index contributed by atoms with van der Waals surface area (Å²) >= 11 is 0. The first-order valence-electron chi connectivity index (χ1n) is 9.72. The molecule has 33 heavy (non-hydrogen) atoms. The fourth-order valence-electron chi connectivity index (χ4n) is 3.41. The Morgan fingerprint density at radius 2 is 1.94 bits per heavy atom. The molecule has 0 unspecified atom stereocenters. The third-order valence-electron chi connectivity index (χ3n) is 4.62. The van der Waals surface area contributed by atoms with E-state index in [-0.39, 0.29) is 23.9 Å². The number of hydrogen-bond donors (Lipinski definition) is 2. The fraction of sp³-hybridized carbons (Fsp3) is 0.400. The summed E-state index contributed by atoms with van der Waals surface area (Å²) in [6, 6.07) is 4.04. The van der Waals surface area contributed by atoms with Crippen LogP contribution in [0.1, 0.15) is 29.4 Å². The molecule has 0 aliphatic carbocycles. The summed E-state index contributed by atoms with van der Waals surface area (Å²) in [5, 5.41) is 5.07. The Morgan fingerprint density at radius 1 is 1.21 bits per heavy atom. The average Bonchev–Trinajstić information content (AvgIpc) is 2.66. The molecule has 0 spiro atoms. The topological polar surface area (TPSA) is 96.5 Å². The van der Waals surface area contributed by atoms with Crippen LogP contribution in [0.15, 0.2) is 30.5 Å². The Morgan fingerprint density at radius 3 is 2.61 bits per heavy atom. The Labute approximate surface area is 185 Å². The number of likely N-dealkylation sites (tertiary alicyclic amines) is 1. The highest BCUT2D eigenvalue weighted by Crippen LogP contribution is 2.29. The van der Waals surface area contributed by atoms with E-state index in [9.17, 15) is 31.5 Å². The molecule has 2 aromatic heterocycles. The fourth-order valence-corrected chi connectivity index (χ4v) is 3.41. The monoisotopic (exact) mass is 473 g/mol. The van der Waals surface area contributed by atoms with Crippen molar-refractivity contribution in [1.29, 1.82) is 0 Å². The summed E-state index contributed by atoms with van der Waals surface area (Å²) in [5.74, 6) is -4.96. The number of anilines is 2. The maximum atomic E-state index is 14.2. The van der Waals surface area contributed by atoms with E-state index >= 15 is 0 Å². The molecule has 2 amide bonds. The van der Waals surface area contributed by atoms with Crippen LogP contribution in [0.3, 0.4) is 0 Å². The summed E-state index contributed by atoms with van der Waals surface area (Å²) in [6.45, 7) is 1.81. The molecule has 3 rings (SSSR count). The van der Waals surface area contributed by atoms with Crippen molar-refractivity contribution in [3.63, 3.8) is 0 Å². The van der Waals surface area contributed by atoms with E-state index in [4.69, 9.17) is 0 Å². The SMILES string of the molecule is CC(=O)N[C@H]1CN(C(=O)c2nc(Nc3cc(OC(F)(F)F)ccn3)ccc2C)CC(F)(F)C1. The first kappa shape index (κ1) is 24.1. The predicted molar refractivity (Wildman–Crippen MR) is 106 cm³/mol. The van der Waals surface area contributed by atoms with Gasteiger partial charge in [-0.1, -0.05) is 6.07 Å². The van der Waals surface area contributed by atoms with Crippen molar-refractivity contribution < 1.29 is 36.3 Å². The largest absolute Gasteiger partial charge is 0.573 e. The summed E-state index contributed by atoms with van der Waals surface area (Å²) < 4.78 is 69.4. The number of aromatic nitrogens is 2. The maximum Gasteiger partial charge on any atom is 0.573 e. The molecule has 1 fully saturated rings. The number of hydrogen-bond acceptors (Lipinski definition) is 6. The quantitative estimate of drug-likeness (QED) is 0.647. The number of nitrogens with one attached hydrogen (secondary N) is 2. The zero-order valence-electron chi connectivity index (χ0n) is 17.5. The van der Waals surface area contributed by atoms with Crippen LogP contribution in [-0.4, -0.2) is 58.1 Å². The van der Waals surface area contributed by atoms with Crippen molar-refractivity contribution in [3.05, 3.63) is 41.7 Å². The number of ether oxygens (including phenoxy) is 1. The highest BCUT2D eigenvalue weighted by atomic mass is 19.4. The minimum Gasteiger partial charge on any atom is -0.406 e. The third kappa shape index (κ3) is 6.73. The van der Waals surface area contributed by atoms with Gasteiger partial charge >= 0.3 is 6.36 Å². The second kappa shape index (κ2) is 9.16. The second-order valence-corrected chi connectivity index (χ2v) is 7.55. The summed E-state index contributed by atoms with van der Waals surface area (Å²) in [7, 11) is 0.